The average molecular weight is 868 g/mol. The van der Waals surface area contributed by atoms with Crippen LogP contribution in [-0.2, 0) is 0 Å². The molecule has 0 amide bonds. The third-order valence-corrected chi connectivity index (χ3v) is 13.2. The minimum Gasteiger partial charge on any atom is -0.309 e. The molecule has 0 radical (unpaired) electrons. The van der Waals surface area contributed by atoms with Crippen molar-refractivity contribution in [2.24, 2.45) is 0 Å². The van der Waals surface area contributed by atoms with E-state index in [1.165, 1.54) is 49.3 Å². The first-order valence-corrected chi connectivity index (χ1v) is 23.0. The minimum atomic E-state index is 0.618. The van der Waals surface area contributed by atoms with E-state index in [0.29, 0.717) is 17.5 Å². The molecule has 5 nitrogen and oxygen atoms in total. The van der Waals surface area contributed by atoms with Gasteiger partial charge in [0.2, 0.25) is 0 Å². The maximum atomic E-state index is 5.16. The van der Waals surface area contributed by atoms with Crippen molar-refractivity contribution in [3.8, 4) is 78.9 Å². The Bertz CT molecular complexity index is 3890. The van der Waals surface area contributed by atoms with Gasteiger partial charge in [-0.15, -0.1) is 0 Å². The molecule has 0 bridgehead atoms. The quantitative estimate of drug-likeness (QED) is 0.153. The number of fused-ring (bicyclic) bond motifs is 6. The molecule has 0 aliphatic carbocycles. The lowest BCUT2D eigenvalue weighted by Gasteiger charge is -2.16. The maximum Gasteiger partial charge on any atom is 0.164 e. The van der Waals surface area contributed by atoms with Crippen LogP contribution < -0.4 is 0 Å². The van der Waals surface area contributed by atoms with Gasteiger partial charge in [-0.3, -0.25) is 0 Å². The molecule has 3 aromatic heterocycles. The number of benzene rings is 10. The molecule has 0 atom stereocenters. The predicted octanol–water partition coefficient (Wildman–Crippen LogP) is 16.1. The number of rotatable bonds is 8. The second-order valence-corrected chi connectivity index (χ2v) is 17.2. The van der Waals surface area contributed by atoms with Gasteiger partial charge >= 0.3 is 0 Å². The lowest BCUT2D eigenvalue weighted by Crippen LogP contribution is -2.01. The number of hydrogen-bond acceptors (Lipinski definition) is 3. The van der Waals surface area contributed by atoms with Crippen LogP contribution in [0.25, 0.3) is 123 Å². The molecule has 0 saturated carbocycles. The summed E-state index contributed by atoms with van der Waals surface area (Å²) < 4.78 is 4.74. The Labute approximate surface area is 393 Å². The molecule has 13 aromatic rings. The van der Waals surface area contributed by atoms with Crippen molar-refractivity contribution in [2.75, 3.05) is 0 Å². The van der Waals surface area contributed by atoms with Crippen molar-refractivity contribution < 1.29 is 0 Å². The summed E-state index contributed by atoms with van der Waals surface area (Å²) in [5, 5.41) is 4.93. The van der Waals surface area contributed by atoms with Gasteiger partial charge in [-0.1, -0.05) is 200 Å². The van der Waals surface area contributed by atoms with Gasteiger partial charge in [0.15, 0.2) is 17.5 Å². The number of nitrogens with zero attached hydrogens (tertiary/aromatic N) is 5. The summed E-state index contributed by atoms with van der Waals surface area (Å²) in [6.45, 7) is 0. The van der Waals surface area contributed by atoms with E-state index in [2.05, 4.69) is 228 Å². The minimum absolute atomic E-state index is 0.618. The molecule has 0 spiro atoms. The number of hydrogen-bond donors (Lipinski definition) is 0. The highest BCUT2D eigenvalue weighted by atomic mass is 15.0. The first-order valence-electron chi connectivity index (χ1n) is 23.0. The Morgan fingerprint density at radius 1 is 0.235 bits per heavy atom. The fourth-order valence-electron chi connectivity index (χ4n) is 9.94. The van der Waals surface area contributed by atoms with Gasteiger partial charge in [0.05, 0.1) is 27.8 Å². The Balaban J connectivity index is 0.870. The first-order chi connectivity index (χ1) is 33.7. The largest absolute Gasteiger partial charge is 0.309 e. The summed E-state index contributed by atoms with van der Waals surface area (Å²) >= 11 is 0. The molecule has 0 saturated heterocycles. The van der Waals surface area contributed by atoms with Gasteiger partial charge in [0.1, 0.15) is 0 Å². The first kappa shape index (κ1) is 39.2. The van der Waals surface area contributed by atoms with E-state index >= 15 is 0 Å². The molecule has 10 aromatic carbocycles. The van der Waals surface area contributed by atoms with Crippen LogP contribution in [0.1, 0.15) is 0 Å². The Morgan fingerprint density at radius 2 is 0.603 bits per heavy atom. The molecular weight excluding hydrogens is 827 g/mol. The van der Waals surface area contributed by atoms with Crippen LogP contribution in [0.3, 0.4) is 0 Å². The third kappa shape index (κ3) is 6.76. The van der Waals surface area contributed by atoms with Crippen LogP contribution in [0.2, 0.25) is 0 Å². The van der Waals surface area contributed by atoms with E-state index < -0.39 is 0 Å². The predicted molar refractivity (Wildman–Crippen MR) is 281 cm³/mol. The monoisotopic (exact) mass is 867 g/mol. The zero-order valence-electron chi connectivity index (χ0n) is 36.9. The summed E-state index contributed by atoms with van der Waals surface area (Å²) in [6, 6.07) is 88.3. The molecule has 3 heterocycles. The van der Waals surface area contributed by atoms with Crippen molar-refractivity contribution in [2.45, 2.75) is 0 Å². The summed E-state index contributed by atoms with van der Waals surface area (Å²) in [5.74, 6) is 1.87. The third-order valence-electron chi connectivity index (χ3n) is 13.2. The van der Waals surface area contributed by atoms with E-state index in [1.54, 1.807) is 0 Å². The normalized spacial score (nSPS) is 11.5. The fourth-order valence-corrected chi connectivity index (χ4v) is 9.94. The molecule has 0 aliphatic heterocycles. The fraction of sp³-hybridized carbons (Fsp3) is 0. The standard InChI is InChI=1S/C63H41N5/c1-3-16-42(17-4-1)48-38-39-60(68-58-28-13-9-24-53(58)54-25-10-14-29-59(54)68)55(41-48)45-34-30-43(31-35-45)44-32-36-47(37-33-44)62-64-61(46-18-5-2-6-19-46)65-63(66-62)49-20-15-21-50(40-49)67-56-26-11-7-22-51(56)52-23-8-12-27-57(52)67/h1-41H. The van der Waals surface area contributed by atoms with Crippen molar-refractivity contribution >= 4 is 43.6 Å². The van der Waals surface area contributed by atoms with E-state index in [4.69, 9.17) is 15.0 Å². The molecule has 0 unspecified atom stereocenters. The Kier molecular flexibility index (Phi) is 9.43. The van der Waals surface area contributed by atoms with E-state index in [1.807, 2.05) is 30.3 Å². The van der Waals surface area contributed by atoms with Gasteiger partial charge in [-0.05, 0) is 76.3 Å². The van der Waals surface area contributed by atoms with Gasteiger partial charge in [0, 0.05) is 49.5 Å². The van der Waals surface area contributed by atoms with Crippen molar-refractivity contribution in [1.29, 1.82) is 0 Å². The van der Waals surface area contributed by atoms with Crippen LogP contribution in [0.4, 0.5) is 0 Å². The summed E-state index contributed by atoms with van der Waals surface area (Å²) in [4.78, 5) is 15.3. The lowest BCUT2D eigenvalue weighted by atomic mass is 9.95. The Hall–Kier alpha value is -9.19. The molecule has 13 rings (SSSR count). The number of para-hydroxylation sites is 4. The second-order valence-electron chi connectivity index (χ2n) is 17.2. The zero-order valence-corrected chi connectivity index (χ0v) is 36.9. The summed E-state index contributed by atoms with van der Waals surface area (Å²) in [7, 11) is 0. The van der Waals surface area contributed by atoms with Crippen LogP contribution in [0.15, 0.2) is 249 Å². The highest BCUT2D eigenvalue weighted by Gasteiger charge is 2.18. The maximum absolute atomic E-state index is 5.16. The van der Waals surface area contributed by atoms with E-state index in [9.17, 15) is 0 Å². The van der Waals surface area contributed by atoms with Crippen LogP contribution in [0, 0.1) is 0 Å². The topological polar surface area (TPSA) is 48.5 Å². The van der Waals surface area contributed by atoms with Gasteiger partial charge < -0.3 is 9.13 Å². The van der Waals surface area contributed by atoms with Crippen LogP contribution in [0.5, 0.6) is 0 Å². The molecule has 0 N–H and O–H groups in total. The Morgan fingerprint density at radius 3 is 1.13 bits per heavy atom. The van der Waals surface area contributed by atoms with E-state index in [-0.39, 0.29) is 0 Å². The number of aromatic nitrogens is 5. The van der Waals surface area contributed by atoms with Crippen molar-refractivity contribution in [3.05, 3.63) is 249 Å². The molecule has 318 valence electrons. The van der Waals surface area contributed by atoms with Gasteiger partial charge in [0.25, 0.3) is 0 Å². The molecular formula is C63H41N5. The van der Waals surface area contributed by atoms with Gasteiger partial charge in [-0.2, -0.15) is 0 Å². The van der Waals surface area contributed by atoms with Gasteiger partial charge in [-0.25, -0.2) is 15.0 Å². The van der Waals surface area contributed by atoms with Crippen LogP contribution >= 0.6 is 0 Å². The summed E-state index contributed by atoms with van der Waals surface area (Å²) in [6.07, 6.45) is 0. The van der Waals surface area contributed by atoms with Crippen LogP contribution in [-0.4, -0.2) is 24.1 Å². The van der Waals surface area contributed by atoms with E-state index in [0.717, 1.165) is 55.8 Å². The molecule has 68 heavy (non-hydrogen) atoms. The molecule has 0 fully saturated rings. The summed E-state index contributed by atoms with van der Waals surface area (Å²) in [5.41, 5.74) is 16.6. The molecule has 5 heteroatoms. The zero-order chi connectivity index (χ0) is 45.0. The lowest BCUT2D eigenvalue weighted by molar-refractivity contribution is 1.07. The van der Waals surface area contributed by atoms with Crippen molar-refractivity contribution in [3.63, 3.8) is 0 Å². The smallest absolute Gasteiger partial charge is 0.164 e. The highest BCUT2D eigenvalue weighted by molar-refractivity contribution is 6.10. The molecule has 0 aliphatic rings. The second kappa shape index (κ2) is 16.4. The van der Waals surface area contributed by atoms with Crippen molar-refractivity contribution in [1.82, 2.24) is 24.1 Å². The highest BCUT2D eigenvalue weighted by Crippen LogP contribution is 2.39. The SMILES string of the molecule is c1ccc(-c2ccc(-n3c4ccccc4c4ccccc43)c(-c3ccc(-c4ccc(-c5nc(-c6ccccc6)nc(-c6cccc(-n7c8ccccc8c8ccccc87)c6)n5)cc4)cc3)c2)cc1. The average Bonchev–Trinajstić information content (AvgIpc) is 3.94.